The molecule has 1 aliphatic heterocycles. The van der Waals surface area contributed by atoms with Gasteiger partial charge in [-0.05, 0) is 23.8 Å². The fourth-order valence-corrected chi connectivity index (χ4v) is 3.04. The zero-order valence-corrected chi connectivity index (χ0v) is 12.6. The summed E-state index contributed by atoms with van der Waals surface area (Å²) in [5.74, 6) is -0.0483. The number of hydrogen-bond acceptors (Lipinski definition) is 3. The highest BCUT2D eigenvalue weighted by atomic mass is 79.9. The van der Waals surface area contributed by atoms with Gasteiger partial charge in [-0.25, -0.2) is 0 Å². The lowest BCUT2D eigenvalue weighted by Gasteiger charge is -2.10. The van der Waals surface area contributed by atoms with E-state index in [1.165, 1.54) is 11.8 Å². The van der Waals surface area contributed by atoms with E-state index >= 15 is 0 Å². The summed E-state index contributed by atoms with van der Waals surface area (Å²) in [7, 11) is 0. The molecule has 0 saturated carbocycles. The zero-order chi connectivity index (χ0) is 13.1. The number of hydrogen-bond donors (Lipinski definition) is 0. The zero-order valence-electron chi connectivity index (χ0n) is 9.43. The largest absolute Gasteiger partial charge is 0.289 e. The molecule has 1 heterocycles. The molecule has 1 aliphatic rings. The van der Waals surface area contributed by atoms with Crippen molar-refractivity contribution in [3.63, 3.8) is 0 Å². The molecule has 2 nitrogen and oxygen atoms in total. The number of thioether (sulfide) groups is 1. The van der Waals surface area contributed by atoms with Gasteiger partial charge >= 0.3 is 0 Å². The van der Waals surface area contributed by atoms with Crippen LogP contribution in [-0.4, -0.2) is 21.7 Å². The molecule has 0 aromatic heterocycles. The van der Waals surface area contributed by atoms with Gasteiger partial charge in [0, 0.05) is 11.0 Å². The van der Waals surface area contributed by atoms with Crippen LogP contribution in [0.4, 0.5) is 0 Å². The molecule has 0 aliphatic carbocycles. The Labute approximate surface area is 124 Å². The van der Waals surface area contributed by atoms with Crippen molar-refractivity contribution in [2.24, 2.45) is 0 Å². The monoisotopic (exact) mass is 339 g/mol. The number of thiocarbonyl (C=S) groups is 1. The Bertz CT molecular complexity index is 536. The molecule has 0 bridgehead atoms. The number of benzene rings is 1. The Morgan fingerprint density at radius 2 is 2.06 bits per heavy atom. The maximum atomic E-state index is 12.1. The van der Waals surface area contributed by atoms with Crippen LogP contribution in [0.15, 0.2) is 46.3 Å². The van der Waals surface area contributed by atoms with Crippen LogP contribution in [0.2, 0.25) is 0 Å². The molecular formula is C13H10BrNOS2. The van der Waals surface area contributed by atoms with Gasteiger partial charge in [-0.2, -0.15) is 0 Å². The number of halogens is 1. The molecule has 1 saturated heterocycles. The Morgan fingerprint density at radius 3 is 2.67 bits per heavy atom. The lowest BCUT2D eigenvalue weighted by Crippen LogP contribution is -2.27. The summed E-state index contributed by atoms with van der Waals surface area (Å²) >= 11 is 9.88. The lowest BCUT2D eigenvalue weighted by atomic mass is 10.2. The minimum Gasteiger partial charge on any atom is -0.289 e. The fourth-order valence-electron chi connectivity index (χ4n) is 1.50. The first kappa shape index (κ1) is 13.5. The van der Waals surface area contributed by atoms with E-state index < -0.39 is 0 Å². The molecule has 1 amide bonds. The molecule has 0 spiro atoms. The van der Waals surface area contributed by atoms with Crippen LogP contribution >= 0.6 is 39.9 Å². The van der Waals surface area contributed by atoms with E-state index in [-0.39, 0.29) is 5.91 Å². The van der Waals surface area contributed by atoms with E-state index in [1.54, 1.807) is 11.0 Å². The van der Waals surface area contributed by atoms with Gasteiger partial charge in [-0.3, -0.25) is 9.69 Å². The minimum absolute atomic E-state index is 0.0483. The van der Waals surface area contributed by atoms with Crippen LogP contribution in [0.5, 0.6) is 0 Å². The molecule has 0 radical (unpaired) electrons. The first-order chi connectivity index (χ1) is 8.61. The molecule has 1 fully saturated rings. The number of nitrogens with zero attached hydrogens (tertiary/aromatic N) is 1. The van der Waals surface area contributed by atoms with E-state index in [9.17, 15) is 4.79 Å². The Hall–Kier alpha value is -0.910. The van der Waals surface area contributed by atoms with Gasteiger partial charge in [-0.15, -0.1) is 6.58 Å². The highest BCUT2D eigenvalue weighted by Crippen LogP contribution is 2.32. The Morgan fingerprint density at radius 1 is 1.39 bits per heavy atom. The molecular weight excluding hydrogens is 330 g/mol. The smallest absolute Gasteiger partial charge is 0.266 e. The van der Waals surface area contributed by atoms with Crippen LogP contribution in [0.25, 0.3) is 6.08 Å². The predicted octanol–water partition coefficient (Wildman–Crippen LogP) is 3.84. The second kappa shape index (κ2) is 5.82. The quantitative estimate of drug-likeness (QED) is 0.474. The standard InChI is InChI=1S/C13H10BrNOS2/c1-2-7-15-12(16)11(18-13(15)17)8-9-3-5-10(14)6-4-9/h2-6,8H,1,7H2/b11-8-. The maximum absolute atomic E-state index is 12.1. The van der Waals surface area contributed by atoms with Crippen LogP contribution in [0.3, 0.4) is 0 Å². The van der Waals surface area contributed by atoms with E-state index in [4.69, 9.17) is 12.2 Å². The summed E-state index contributed by atoms with van der Waals surface area (Å²) in [6.07, 6.45) is 3.53. The van der Waals surface area contributed by atoms with Gasteiger partial charge in [-0.1, -0.05) is 58.1 Å². The third-order valence-electron chi connectivity index (χ3n) is 2.35. The van der Waals surface area contributed by atoms with Crippen molar-refractivity contribution in [2.75, 3.05) is 6.54 Å². The third kappa shape index (κ3) is 2.91. The predicted molar refractivity (Wildman–Crippen MR) is 84.2 cm³/mol. The molecule has 1 aromatic rings. The van der Waals surface area contributed by atoms with Crippen molar-refractivity contribution in [2.45, 2.75) is 0 Å². The summed E-state index contributed by atoms with van der Waals surface area (Å²) in [5, 5.41) is 0. The van der Waals surface area contributed by atoms with Crippen molar-refractivity contribution in [3.05, 3.63) is 51.9 Å². The molecule has 5 heteroatoms. The SMILES string of the molecule is C=CCN1C(=O)/C(=C/c2ccc(Br)cc2)SC1=S. The van der Waals surface area contributed by atoms with E-state index in [0.717, 1.165) is 10.0 Å². The van der Waals surface area contributed by atoms with Gasteiger partial charge in [0.1, 0.15) is 4.32 Å². The summed E-state index contributed by atoms with van der Waals surface area (Å²) in [5.41, 5.74) is 0.984. The van der Waals surface area contributed by atoms with E-state index in [2.05, 4.69) is 22.5 Å². The summed E-state index contributed by atoms with van der Waals surface area (Å²) in [4.78, 5) is 14.3. The summed E-state index contributed by atoms with van der Waals surface area (Å²) in [6, 6.07) is 7.78. The van der Waals surface area contributed by atoms with Crippen molar-refractivity contribution in [1.29, 1.82) is 0 Å². The van der Waals surface area contributed by atoms with Gasteiger partial charge < -0.3 is 0 Å². The van der Waals surface area contributed by atoms with Gasteiger partial charge in [0.2, 0.25) is 0 Å². The number of amides is 1. The normalized spacial score (nSPS) is 17.6. The van der Waals surface area contributed by atoms with Crippen molar-refractivity contribution >= 4 is 56.2 Å². The number of carbonyl (C=O) groups is 1. The molecule has 18 heavy (non-hydrogen) atoms. The summed E-state index contributed by atoms with van der Waals surface area (Å²) < 4.78 is 1.60. The fraction of sp³-hybridized carbons (Fsp3) is 0.0769. The molecule has 2 rings (SSSR count). The first-order valence-corrected chi connectivity index (χ1v) is 7.25. The first-order valence-electron chi connectivity index (χ1n) is 5.23. The Kier molecular flexibility index (Phi) is 4.37. The average molecular weight is 340 g/mol. The van der Waals surface area contributed by atoms with Crippen LogP contribution in [0, 0.1) is 0 Å². The van der Waals surface area contributed by atoms with Crippen LogP contribution in [-0.2, 0) is 4.79 Å². The van der Waals surface area contributed by atoms with Crippen LogP contribution < -0.4 is 0 Å². The van der Waals surface area contributed by atoms with Gasteiger partial charge in [0.15, 0.2) is 0 Å². The topological polar surface area (TPSA) is 20.3 Å². The van der Waals surface area contributed by atoms with E-state index in [0.29, 0.717) is 15.8 Å². The second-order valence-electron chi connectivity index (χ2n) is 3.63. The summed E-state index contributed by atoms with van der Waals surface area (Å²) in [6.45, 7) is 4.08. The molecule has 1 aromatic carbocycles. The minimum atomic E-state index is -0.0483. The third-order valence-corrected chi connectivity index (χ3v) is 4.26. The Balaban J connectivity index is 2.24. The molecule has 0 atom stereocenters. The second-order valence-corrected chi connectivity index (χ2v) is 6.22. The highest BCUT2D eigenvalue weighted by Gasteiger charge is 2.30. The van der Waals surface area contributed by atoms with Gasteiger partial charge in [0.05, 0.1) is 4.91 Å². The van der Waals surface area contributed by atoms with Crippen molar-refractivity contribution < 1.29 is 4.79 Å². The lowest BCUT2D eigenvalue weighted by molar-refractivity contribution is -0.121. The molecule has 0 N–H and O–H groups in total. The van der Waals surface area contributed by atoms with Crippen molar-refractivity contribution in [3.8, 4) is 0 Å². The average Bonchev–Trinajstić information content (AvgIpc) is 2.60. The number of rotatable bonds is 3. The highest BCUT2D eigenvalue weighted by molar-refractivity contribution is 9.10. The van der Waals surface area contributed by atoms with E-state index in [1.807, 2.05) is 30.3 Å². The van der Waals surface area contributed by atoms with Gasteiger partial charge in [0.25, 0.3) is 5.91 Å². The molecule has 92 valence electrons. The van der Waals surface area contributed by atoms with Crippen molar-refractivity contribution in [1.82, 2.24) is 4.90 Å². The van der Waals surface area contributed by atoms with Crippen LogP contribution in [0.1, 0.15) is 5.56 Å². The molecule has 0 unspecified atom stereocenters. The maximum Gasteiger partial charge on any atom is 0.266 e. The number of carbonyl (C=O) groups excluding carboxylic acids is 1.